The number of aliphatic carboxylic acids is 1. The largest absolute Gasteiger partial charge is 0.480 e. The first-order chi connectivity index (χ1) is 5.54. The van der Waals surface area contributed by atoms with Crippen molar-refractivity contribution in [3.63, 3.8) is 0 Å². The highest BCUT2D eigenvalue weighted by atomic mass is 16.4. The van der Waals surface area contributed by atoms with Crippen LogP contribution in [0.2, 0.25) is 0 Å². The summed E-state index contributed by atoms with van der Waals surface area (Å²) in [5, 5.41) is 8.50. The lowest BCUT2D eigenvalue weighted by atomic mass is 10.3. The molecule has 0 aromatic carbocycles. The Kier molecular flexibility index (Phi) is 1.95. The molecule has 0 aliphatic carbocycles. The SMILES string of the molecule is C[C@@H](C(=O)O)N1C(=O)C=CC1=O. The fraction of sp³-hybridized carbons (Fsp3) is 0.286. The Labute approximate surface area is 68.3 Å². The molecule has 5 nitrogen and oxygen atoms in total. The van der Waals surface area contributed by atoms with Crippen molar-refractivity contribution in [3.8, 4) is 0 Å². The summed E-state index contributed by atoms with van der Waals surface area (Å²) in [4.78, 5) is 32.9. The number of carboxylic acid groups (broad SMARTS) is 1. The molecule has 0 aromatic rings. The van der Waals surface area contributed by atoms with Crippen molar-refractivity contribution < 1.29 is 19.5 Å². The number of carboxylic acids is 1. The molecule has 1 aliphatic heterocycles. The third-order valence-corrected chi connectivity index (χ3v) is 1.59. The van der Waals surface area contributed by atoms with E-state index in [1.54, 1.807) is 0 Å². The molecule has 1 N–H and O–H groups in total. The van der Waals surface area contributed by atoms with Crippen molar-refractivity contribution in [2.75, 3.05) is 0 Å². The van der Waals surface area contributed by atoms with Crippen LogP contribution in [-0.2, 0) is 14.4 Å². The molecule has 0 spiro atoms. The van der Waals surface area contributed by atoms with Crippen molar-refractivity contribution in [1.82, 2.24) is 4.90 Å². The summed E-state index contributed by atoms with van der Waals surface area (Å²) in [6.45, 7) is 1.28. The molecular formula is C7H7NO4. The zero-order valence-electron chi connectivity index (χ0n) is 6.35. The fourth-order valence-electron chi connectivity index (χ4n) is 0.904. The van der Waals surface area contributed by atoms with Gasteiger partial charge in [0, 0.05) is 12.2 Å². The summed E-state index contributed by atoms with van der Waals surface area (Å²) in [5.74, 6) is -2.34. The molecule has 0 saturated heterocycles. The van der Waals surface area contributed by atoms with Crippen LogP contribution in [0.25, 0.3) is 0 Å². The van der Waals surface area contributed by atoms with Gasteiger partial charge in [-0.3, -0.25) is 14.5 Å². The number of amides is 2. The van der Waals surface area contributed by atoms with E-state index in [0.717, 1.165) is 12.2 Å². The highest BCUT2D eigenvalue weighted by Crippen LogP contribution is 2.08. The number of carbonyl (C=O) groups excluding carboxylic acids is 2. The average Bonchev–Trinajstić information content (AvgIpc) is 2.30. The van der Waals surface area contributed by atoms with Gasteiger partial charge >= 0.3 is 5.97 Å². The molecule has 12 heavy (non-hydrogen) atoms. The monoisotopic (exact) mass is 169 g/mol. The quantitative estimate of drug-likeness (QED) is 0.559. The van der Waals surface area contributed by atoms with Crippen LogP contribution in [-0.4, -0.2) is 33.8 Å². The van der Waals surface area contributed by atoms with Gasteiger partial charge in [-0.05, 0) is 6.92 Å². The Morgan fingerprint density at radius 1 is 1.42 bits per heavy atom. The summed E-state index contributed by atoms with van der Waals surface area (Å²) in [7, 11) is 0. The predicted octanol–water partition coefficient (Wildman–Crippen LogP) is -0.615. The fourth-order valence-corrected chi connectivity index (χ4v) is 0.904. The van der Waals surface area contributed by atoms with Crippen LogP contribution in [0.15, 0.2) is 12.2 Å². The topological polar surface area (TPSA) is 74.7 Å². The van der Waals surface area contributed by atoms with Crippen LogP contribution >= 0.6 is 0 Å². The first-order valence-electron chi connectivity index (χ1n) is 3.32. The molecule has 1 atom stereocenters. The molecule has 0 unspecified atom stereocenters. The molecule has 0 aromatic heterocycles. The highest BCUT2D eigenvalue weighted by molar-refractivity contribution is 6.14. The number of hydrogen-bond donors (Lipinski definition) is 1. The van der Waals surface area contributed by atoms with Gasteiger partial charge in [0.25, 0.3) is 11.8 Å². The van der Waals surface area contributed by atoms with Gasteiger partial charge in [-0.25, -0.2) is 4.79 Å². The lowest BCUT2D eigenvalue weighted by Crippen LogP contribution is -2.42. The van der Waals surface area contributed by atoms with E-state index in [-0.39, 0.29) is 0 Å². The zero-order valence-corrected chi connectivity index (χ0v) is 6.35. The zero-order chi connectivity index (χ0) is 9.30. The van der Waals surface area contributed by atoms with Crippen molar-refractivity contribution in [3.05, 3.63) is 12.2 Å². The van der Waals surface area contributed by atoms with E-state index in [1.807, 2.05) is 0 Å². The van der Waals surface area contributed by atoms with E-state index in [0.29, 0.717) is 4.90 Å². The van der Waals surface area contributed by atoms with Gasteiger partial charge in [0.15, 0.2) is 0 Å². The highest BCUT2D eigenvalue weighted by Gasteiger charge is 2.32. The summed E-state index contributed by atoms with van der Waals surface area (Å²) in [5.41, 5.74) is 0. The predicted molar refractivity (Wildman–Crippen MR) is 38.1 cm³/mol. The summed E-state index contributed by atoms with van der Waals surface area (Å²) in [6, 6.07) is -1.10. The van der Waals surface area contributed by atoms with Gasteiger partial charge in [0.05, 0.1) is 0 Å². The van der Waals surface area contributed by atoms with E-state index in [1.165, 1.54) is 6.92 Å². The third kappa shape index (κ3) is 1.20. The van der Waals surface area contributed by atoms with E-state index >= 15 is 0 Å². The molecular weight excluding hydrogens is 162 g/mol. The minimum Gasteiger partial charge on any atom is -0.480 e. The molecule has 5 heteroatoms. The minimum absolute atomic E-state index is 0.574. The third-order valence-electron chi connectivity index (χ3n) is 1.59. The number of hydrogen-bond acceptors (Lipinski definition) is 3. The summed E-state index contributed by atoms with van der Waals surface area (Å²) in [6.07, 6.45) is 2.11. The first-order valence-corrected chi connectivity index (χ1v) is 3.32. The van der Waals surface area contributed by atoms with Crippen molar-refractivity contribution in [2.24, 2.45) is 0 Å². The molecule has 1 heterocycles. The lowest BCUT2D eigenvalue weighted by molar-refractivity contribution is -0.152. The van der Waals surface area contributed by atoms with Crippen molar-refractivity contribution in [1.29, 1.82) is 0 Å². The average molecular weight is 169 g/mol. The first kappa shape index (κ1) is 8.45. The maximum Gasteiger partial charge on any atom is 0.326 e. The van der Waals surface area contributed by atoms with Crippen LogP contribution in [0.3, 0.4) is 0 Å². The van der Waals surface area contributed by atoms with Gasteiger partial charge in [0.1, 0.15) is 6.04 Å². The van der Waals surface area contributed by atoms with Crippen LogP contribution in [0.5, 0.6) is 0 Å². The molecule has 0 fully saturated rings. The lowest BCUT2D eigenvalue weighted by Gasteiger charge is -2.17. The van der Waals surface area contributed by atoms with Crippen molar-refractivity contribution in [2.45, 2.75) is 13.0 Å². The second kappa shape index (κ2) is 2.77. The van der Waals surface area contributed by atoms with E-state index in [2.05, 4.69) is 0 Å². The number of rotatable bonds is 2. The van der Waals surface area contributed by atoms with Crippen LogP contribution < -0.4 is 0 Å². The maximum atomic E-state index is 10.9. The van der Waals surface area contributed by atoms with Gasteiger partial charge in [0.2, 0.25) is 0 Å². The van der Waals surface area contributed by atoms with Crippen LogP contribution in [0, 0.1) is 0 Å². The summed E-state index contributed by atoms with van der Waals surface area (Å²) >= 11 is 0. The van der Waals surface area contributed by atoms with Gasteiger partial charge in [-0.1, -0.05) is 0 Å². The van der Waals surface area contributed by atoms with Gasteiger partial charge in [-0.15, -0.1) is 0 Å². The molecule has 2 amide bonds. The van der Waals surface area contributed by atoms with Crippen LogP contribution in [0.4, 0.5) is 0 Å². The number of imide groups is 1. The number of nitrogens with zero attached hydrogens (tertiary/aromatic N) is 1. The molecule has 1 aliphatic rings. The second-order valence-corrected chi connectivity index (χ2v) is 2.39. The van der Waals surface area contributed by atoms with E-state index < -0.39 is 23.8 Å². The standard InChI is InChI=1S/C7H7NO4/c1-4(7(11)12)8-5(9)2-3-6(8)10/h2-4H,1H3,(H,11,12)/t4-/m0/s1. The second-order valence-electron chi connectivity index (χ2n) is 2.39. The molecule has 0 saturated carbocycles. The maximum absolute atomic E-state index is 10.9. The van der Waals surface area contributed by atoms with E-state index in [9.17, 15) is 14.4 Å². The Hall–Kier alpha value is -1.65. The number of carbonyl (C=O) groups is 3. The smallest absolute Gasteiger partial charge is 0.326 e. The Morgan fingerprint density at radius 2 is 1.83 bits per heavy atom. The minimum atomic E-state index is -1.19. The Bertz CT molecular complexity index is 263. The van der Waals surface area contributed by atoms with Gasteiger partial charge in [-0.2, -0.15) is 0 Å². The Morgan fingerprint density at radius 3 is 2.17 bits per heavy atom. The van der Waals surface area contributed by atoms with Crippen LogP contribution in [0.1, 0.15) is 6.92 Å². The Balaban J connectivity index is 2.83. The summed E-state index contributed by atoms with van der Waals surface area (Å²) < 4.78 is 0. The van der Waals surface area contributed by atoms with E-state index in [4.69, 9.17) is 5.11 Å². The molecule has 0 bridgehead atoms. The molecule has 0 radical (unpaired) electrons. The van der Waals surface area contributed by atoms with Gasteiger partial charge < -0.3 is 5.11 Å². The normalized spacial score (nSPS) is 18.6. The molecule has 64 valence electrons. The van der Waals surface area contributed by atoms with Crippen molar-refractivity contribution >= 4 is 17.8 Å². The molecule has 1 rings (SSSR count).